The van der Waals surface area contributed by atoms with Crippen molar-refractivity contribution in [2.75, 3.05) is 37.6 Å². The normalized spacial score (nSPS) is 13.4. The molecule has 29 heavy (non-hydrogen) atoms. The van der Waals surface area contributed by atoms with E-state index in [0.717, 1.165) is 5.56 Å². The van der Waals surface area contributed by atoms with Gasteiger partial charge in [0.15, 0.2) is 6.61 Å². The second-order valence-corrected chi connectivity index (χ2v) is 7.85. The number of carbonyl (C=O) groups excluding carboxylic acids is 2. The lowest BCUT2D eigenvalue weighted by Crippen LogP contribution is -2.43. The number of ether oxygens (including phenoxy) is 3. The number of carbonyl (C=O) groups is 2. The maximum Gasteiger partial charge on any atom is 0.265 e. The van der Waals surface area contributed by atoms with Crippen LogP contribution in [-0.2, 0) is 15.0 Å². The minimum atomic E-state index is -0.332. The number of nitrogens with one attached hydrogen (secondary N) is 1. The largest absolute Gasteiger partial charge is 0.497 e. The summed E-state index contributed by atoms with van der Waals surface area (Å²) in [5.41, 5.74) is 2.16. The number of hydrogen-bond acceptors (Lipinski definition) is 5. The summed E-state index contributed by atoms with van der Waals surface area (Å²) in [7, 11) is 3.07. The van der Waals surface area contributed by atoms with Crippen LogP contribution in [0.5, 0.6) is 17.2 Å². The summed E-state index contributed by atoms with van der Waals surface area (Å²) in [6.07, 6.45) is 0. The summed E-state index contributed by atoms with van der Waals surface area (Å²) in [4.78, 5) is 26.5. The number of rotatable bonds is 5. The maximum atomic E-state index is 12.6. The summed E-state index contributed by atoms with van der Waals surface area (Å²) in [5.74, 6) is 1.12. The van der Waals surface area contributed by atoms with Crippen LogP contribution in [0.4, 0.5) is 11.4 Å². The predicted molar refractivity (Wildman–Crippen MR) is 111 cm³/mol. The molecule has 7 heteroatoms. The lowest BCUT2D eigenvalue weighted by molar-refractivity contribution is -0.123. The number of benzene rings is 2. The van der Waals surface area contributed by atoms with Crippen molar-refractivity contribution in [3.05, 3.63) is 42.0 Å². The van der Waals surface area contributed by atoms with Crippen molar-refractivity contribution < 1.29 is 23.8 Å². The molecule has 3 rings (SSSR count). The average molecular weight is 398 g/mol. The van der Waals surface area contributed by atoms with Crippen molar-refractivity contribution in [1.29, 1.82) is 0 Å². The molecule has 0 aromatic heterocycles. The molecular weight excluding hydrogens is 372 g/mol. The van der Waals surface area contributed by atoms with E-state index in [1.54, 1.807) is 18.2 Å². The Kier molecular flexibility index (Phi) is 5.68. The standard InChI is InChI=1S/C22H26N2O5/c1-22(2,3)14-6-7-18-19(8-14)29-13-21(26)24(18)12-20(25)23-15-9-16(27-4)11-17(10-15)28-5/h6-11H,12-13H2,1-5H3,(H,23,25). The van der Waals surface area contributed by atoms with Crippen LogP contribution in [-0.4, -0.2) is 39.2 Å². The first-order valence-corrected chi connectivity index (χ1v) is 9.32. The van der Waals surface area contributed by atoms with Crippen molar-refractivity contribution in [2.45, 2.75) is 26.2 Å². The van der Waals surface area contributed by atoms with Crippen molar-refractivity contribution in [2.24, 2.45) is 0 Å². The lowest BCUT2D eigenvalue weighted by atomic mass is 9.86. The van der Waals surface area contributed by atoms with Gasteiger partial charge in [-0.15, -0.1) is 0 Å². The van der Waals surface area contributed by atoms with E-state index in [9.17, 15) is 9.59 Å². The Morgan fingerprint density at radius 3 is 2.34 bits per heavy atom. The van der Waals surface area contributed by atoms with Crippen LogP contribution in [0.25, 0.3) is 0 Å². The summed E-state index contributed by atoms with van der Waals surface area (Å²) < 4.78 is 16.0. The molecule has 0 radical (unpaired) electrons. The molecule has 0 saturated carbocycles. The van der Waals surface area contributed by atoms with Crippen molar-refractivity contribution in [3.8, 4) is 17.2 Å². The van der Waals surface area contributed by atoms with Gasteiger partial charge in [-0.05, 0) is 23.1 Å². The third-order valence-corrected chi connectivity index (χ3v) is 4.71. The summed E-state index contributed by atoms with van der Waals surface area (Å²) in [6.45, 7) is 6.10. The van der Waals surface area contributed by atoms with E-state index in [4.69, 9.17) is 14.2 Å². The van der Waals surface area contributed by atoms with Gasteiger partial charge in [0.25, 0.3) is 5.91 Å². The molecule has 0 aliphatic carbocycles. The molecule has 1 aliphatic heterocycles. The van der Waals surface area contributed by atoms with Gasteiger partial charge in [-0.2, -0.15) is 0 Å². The number of anilines is 2. The predicted octanol–water partition coefficient (Wildman–Crippen LogP) is 3.37. The number of fused-ring (bicyclic) bond motifs is 1. The topological polar surface area (TPSA) is 77.1 Å². The van der Waals surface area contributed by atoms with E-state index in [0.29, 0.717) is 28.6 Å². The molecule has 0 bridgehead atoms. The van der Waals surface area contributed by atoms with Gasteiger partial charge < -0.3 is 19.5 Å². The highest BCUT2D eigenvalue weighted by atomic mass is 16.5. The van der Waals surface area contributed by atoms with Gasteiger partial charge in [0.2, 0.25) is 5.91 Å². The molecule has 0 atom stereocenters. The Morgan fingerprint density at radius 1 is 1.10 bits per heavy atom. The van der Waals surface area contributed by atoms with Crippen LogP contribution in [0.1, 0.15) is 26.3 Å². The Hall–Kier alpha value is -3.22. The summed E-state index contributed by atoms with van der Waals surface area (Å²) in [5, 5.41) is 2.79. The number of hydrogen-bond donors (Lipinski definition) is 1. The van der Waals surface area contributed by atoms with E-state index in [2.05, 4.69) is 26.1 Å². The molecule has 1 aliphatic rings. The fraction of sp³-hybridized carbons (Fsp3) is 0.364. The molecule has 0 fully saturated rings. The third-order valence-electron chi connectivity index (χ3n) is 4.71. The number of nitrogens with zero attached hydrogens (tertiary/aromatic N) is 1. The molecule has 2 aromatic rings. The Morgan fingerprint density at radius 2 is 1.76 bits per heavy atom. The number of methoxy groups -OCH3 is 2. The fourth-order valence-corrected chi connectivity index (χ4v) is 3.07. The summed E-state index contributed by atoms with van der Waals surface area (Å²) >= 11 is 0. The Balaban J connectivity index is 1.80. The Bertz CT molecular complexity index is 911. The molecule has 0 saturated heterocycles. The molecule has 0 spiro atoms. The first kappa shape index (κ1) is 20.5. The molecule has 0 unspecified atom stereocenters. The van der Waals surface area contributed by atoms with Gasteiger partial charge in [-0.25, -0.2) is 0 Å². The van der Waals surface area contributed by atoms with Gasteiger partial charge in [0.05, 0.1) is 19.9 Å². The molecule has 2 aromatic carbocycles. The van der Waals surface area contributed by atoms with Crippen LogP contribution in [0.2, 0.25) is 0 Å². The zero-order valence-electron chi connectivity index (χ0n) is 17.4. The zero-order chi connectivity index (χ0) is 21.2. The van der Waals surface area contributed by atoms with Crippen LogP contribution in [0.15, 0.2) is 36.4 Å². The third kappa shape index (κ3) is 4.62. The molecule has 154 valence electrons. The van der Waals surface area contributed by atoms with Crippen molar-refractivity contribution >= 4 is 23.2 Å². The summed E-state index contributed by atoms with van der Waals surface area (Å²) in [6, 6.07) is 10.8. The molecule has 1 N–H and O–H groups in total. The smallest absolute Gasteiger partial charge is 0.265 e. The zero-order valence-corrected chi connectivity index (χ0v) is 17.4. The first-order chi connectivity index (χ1) is 13.7. The van der Waals surface area contributed by atoms with Crippen molar-refractivity contribution in [1.82, 2.24) is 0 Å². The first-order valence-electron chi connectivity index (χ1n) is 9.32. The van der Waals surface area contributed by atoms with Crippen molar-refractivity contribution in [3.63, 3.8) is 0 Å². The molecule has 1 heterocycles. The van der Waals surface area contributed by atoms with E-state index in [-0.39, 0.29) is 30.4 Å². The average Bonchev–Trinajstić information content (AvgIpc) is 2.68. The highest BCUT2D eigenvalue weighted by Crippen LogP contribution is 2.36. The fourth-order valence-electron chi connectivity index (χ4n) is 3.07. The van der Waals surface area contributed by atoms with Crippen LogP contribution >= 0.6 is 0 Å². The van der Waals surface area contributed by atoms with E-state index in [1.165, 1.54) is 19.1 Å². The van der Waals surface area contributed by atoms with Gasteiger partial charge in [-0.3, -0.25) is 14.5 Å². The number of amides is 2. The second kappa shape index (κ2) is 8.03. The van der Waals surface area contributed by atoms with Gasteiger partial charge in [-0.1, -0.05) is 26.8 Å². The second-order valence-electron chi connectivity index (χ2n) is 7.85. The highest BCUT2D eigenvalue weighted by Gasteiger charge is 2.28. The maximum absolute atomic E-state index is 12.6. The van der Waals surface area contributed by atoms with E-state index >= 15 is 0 Å². The molecule has 7 nitrogen and oxygen atoms in total. The van der Waals surface area contributed by atoms with Crippen LogP contribution in [0.3, 0.4) is 0 Å². The quantitative estimate of drug-likeness (QED) is 0.836. The van der Waals surface area contributed by atoms with Crippen LogP contribution in [0, 0.1) is 0 Å². The van der Waals surface area contributed by atoms with E-state index < -0.39 is 0 Å². The Labute approximate surface area is 170 Å². The molecular formula is C22H26N2O5. The van der Waals surface area contributed by atoms with E-state index in [1.807, 2.05) is 18.2 Å². The van der Waals surface area contributed by atoms with Gasteiger partial charge in [0, 0.05) is 23.9 Å². The van der Waals surface area contributed by atoms with Crippen LogP contribution < -0.4 is 24.4 Å². The SMILES string of the molecule is COc1cc(NC(=O)CN2C(=O)COc3cc(C(C)(C)C)ccc32)cc(OC)c1. The minimum Gasteiger partial charge on any atom is -0.497 e. The lowest BCUT2D eigenvalue weighted by Gasteiger charge is -2.30. The highest BCUT2D eigenvalue weighted by molar-refractivity contribution is 6.05. The molecule has 2 amide bonds. The van der Waals surface area contributed by atoms with Gasteiger partial charge >= 0.3 is 0 Å². The monoisotopic (exact) mass is 398 g/mol. The minimum absolute atomic E-state index is 0.0481. The van der Waals surface area contributed by atoms with Gasteiger partial charge in [0.1, 0.15) is 23.8 Å².